The van der Waals surface area contributed by atoms with Gasteiger partial charge >= 0.3 is 6.03 Å². The van der Waals surface area contributed by atoms with Crippen LogP contribution in [0, 0.1) is 5.92 Å². The third-order valence-electron chi connectivity index (χ3n) is 6.93. The minimum Gasteiger partial charge on any atom is -0.371 e. The average molecular weight is 400 g/mol. The summed E-state index contributed by atoms with van der Waals surface area (Å²) in [6.07, 6.45) is 9.25. The summed E-state index contributed by atoms with van der Waals surface area (Å²) in [5.74, 6) is 0.492. The first-order valence-corrected chi connectivity index (χ1v) is 11.0. The Hall–Kier alpha value is -0.880. The Kier molecular flexibility index (Phi) is 5.93. The van der Waals surface area contributed by atoms with Crippen LogP contribution < -0.4 is 0 Å². The van der Waals surface area contributed by atoms with Gasteiger partial charge in [0.1, 0.15) is 6.17 Å². The zero-order valence-electron chi connectivity index (χ0n) is 16.1. The summed E-state index contributed by atoms with van der Waals surface area (Å²) in [5, 5.41) is 6.39. The van der Waals surface area contributed by atoms with Gasteiger partial charge in [0, 0.05) is 18.0 Å². The number of amides is 2. The molecule has 2 saturated carbocycles. The largest absolute Gasteiger partial charge is 0.371 e. The predicted molar refractivity (Wildman–Crippen MR) is 104 cm³/mol. The van der Waals surface area contributed by atoms with E-state index in [1.807, 2.05) is 18.0 Å². The maximum absolute atomic E-state index is 13.3. The van der Waals surface area contributed by atoms with Crippen LogP contribution in [0.15, 0.2) is 5.10 Å². The van der Waals surface area contributed by atoms with Crippen LogP contribution >= 0.6 is 11.6 Å². The van der Waals surface area contributed by atoms with Crippen molar-refractivity contribution >= 4 is 23.8 Å². The lowest BCUT2D eigenvalue weighted by molar-refractivity contribution is -0.125. The summed E-state index contributed by atoms with van der Waals surface area (Å²) >= 11 is 6.24. The van der Waals surface area contributed by atoms with Crippen LogP contribution in [0.5, 0.6) is 0 Å². The summed E-state index contributed by atoms with van der Waals surface area (Å²) in [6.45, 7) is 2.66. The monoisotopic (exact) mass is 399 g/mol. The molecule has 0 N–H and O–H groups in total. The number of nitrogens with zero attached hydrogens (tertiary/aromatic N) is 3. The van der Waals surface area contributed by atoms with E-state index in [4.69, 9.17) is 16.3 Å². The SMILES string of the molecule is C[C@H]1[C@@H](OC2CCC(F)CC2)CN1C(=O)N1N=CC[C@H]1C1CCC(Cl)CC1. The van der Waals surface area contributed by atoms with E-state index in [9.17, 15) is 9.18 Å². The third-order valence-corrected chi connectivity index (χ3v) is 7.37. The zero-order valence-corrected chi connectivity index (χ0v) is 16.9. The Balaban J connectivity index is 1.29. The number of ether oxygens (including phenoxy) is 1. The summed E-state index contributed by atoms with van der Waals surface area (Å²) in [4.78, 5) is 14.9. The van der Waals surface area contributed by atoms with Gasteiger partial charge in [0.05, 0.1) is 30.8 Å². The second kappa shape index (κ2) is 8.24. The van der Waals surface area contributed by atoms with E-state index in [0.717, 1.165) is 44.9 Å². The number of urea groups is 1. The summed E-state index contributed by atoms with van der Waals surface area (Å²) in [5.41, 5.74) is 0. The van der Waals surface area contributed by atoms with E-state index >= 15 is 0 Å². The van der Waals surface area contributed by atoms with Gasteiger partial charge in [-0.15, -0.1) is 11.6 Å². The van der Waals surface area contributed by atoms with Gasteiger partial charge in [0.2, 0.25) is 0 Å². The van der Waals surface area contributed by atoms with Crippen molar-refractivity contribution in [1.29, 1.82) is 0 Å². The van der Waals surface area contributed by atoms with Crippen molar-refractivity contribution in [2.75, 3.05) is 6.54 Å². The number of alkyl halides is 2. The van der Waals surface area contributed by atoms with Crippen LogP contribution in [0.2, 0.25) is 0 Å². The van der Waals surface area contributed by atoms with Crippen LogP contribution in [0.25, 0.3) is 0 Å². The van der Waals surface area contributed by atoms with E-state index in [1.165, 1.54) is 0 Å². The molecule has 7 heteroatoms. The van der Waals surface area contributed by atoms with Crippen molar-refractivity contribution in [3.8, 4) is 0 Å². The second-order valence-electron chi connectivity index (χ2n) is 8.68. The normalized spacial score (nSPS) is 42.3. The van der Waals surface area contributed by atoms with Crippen LogP contribution in [-0.4, -0.2) is 64.5 Å². The predicted octanol–water partition coefficient (Wildman–Crippen LogP) is 4.33. The smallest absolute Gasteiger partial charge is 0.341 e. The maximum atomic E-state index is 13.3. The number of hydrogen-bond donors (Lipinski definition) is 0. The van der Waals surface area contributed by atoms with Gasteiger partial charge in [-0.3, -0.25) is 0 Å². The molecule has 0 aromatic rings. The van der Waals surface area contributed by atoms with E-state index in [2.05, 4.69) is 5.10 Å². The molecule has 2 aliphatic carbocycles. The molecule has 0 aromatic carbocycles. The van der Waals surface area contributed by atoms with Crippen LogP contribution in [0.1, 0.15) is 64.7 Å². The van der Waals surface area contributed by atoms with Gasteiger partial charge < -0.3 is 9.64 Å². The molecule has 2 heterocycles. The molecule has 2 aliphatic heterocycles. The fourth-order valence-electron chi connectivity index (χ4n) is 5.00. The molecular formula is C20H31ClFN3O2. The molecule has 0 aromatic heterocycles. The molecule has 3 atom stereocenters. The van der Waals surface area contributed by atoms with Gasteiger partial charge in [-0.1, -0.05) is 0 Å². The van der Waals surface area contributed by atoms with E-state index < -0.39 is 6.17 Å². The van der Waals surface area contributed by atoms with Gasteiger partial charge in [-0.2, -0.15) is 5.10 Å². The van der Waals surface area contributed by atoms with Crippen molar-refractivity contribution < 1.29 is 13.9 Å². The number of carbonyl (C=O) groups is 1. The second-order valence-corrected chi connectivity index (χ2v) is 9.30. The van der Waals surface area contributed by atoms with E-state index in [1.54, 1.807) is 5.01 Å². The topological polar surface area (TPSA) is 45.1 Å². The van der Waals surface area contributed by atoms with Crippen molar-refractivity contribution in [3.05, 3.63) is 0 Å². The van der Waals surface area contributed by atoms with E-state index in [0.29, 0.717) is 25.3 Å². The lowest BCUT2D eigenvalue weighted by atomic mass is 9.82. The first-order chi connectivity index (χ1) is 13.0. The molecule has 2 amide bonds. The summed E-state index contributed by atoms with van der Waals surface area (Å²) in [6, 6.07) is 0.228. The molecule has 5 nitrogen and oxygen atoms in total. The van der Waals surface area contributed by atoms with Gasteiger partial charge in [-0.05, 0) is 64.2 Å². The van der Waals surface area contributed by atoms with Crippen LogP contribution in [0.4, 0.5) is 9.18 Å². The molecule has 27 heavy (non-hydrogen) atoms. The molecule has 3 fully saturated rings. The fraction of sp³-hybridized carbons (Fsp3) is 0.900. The molecule has 4 rings (SSSR count). The van der Waals surface area contributed by atoms with Crippen molar-refractivity contribution in [3.63, 3.8) is 0 Å². The average Bonchev–Trinajstić information content (AvgIpc) is 3.16. The number of rotatable bonds is 3. The molecule has 0 bridgehead atoms. The van der Waals surface area contributed by atoms with Gasteiger partial charge in [-0.25, -0.2) is 14.2 Å². The molecule has 4 aliphatic rings. The van der Waals surface area contributed by atoms with Gasteiger partial charge in [0.25, 0.3) is 0 Å². The quantitative estimate of drug-likeness (QED) is 0.663. The van der Waals surface area contributed by atoms with Crippen molar-refractivity contribution in [2.45, 2.75) is 101 Å². The highest BCUT2D eigenvalue weighted by molar-refractivity contribution is 6.20. The highest BCUT2D eigenvalue weighted by Gasteiger charge is 2.45. The van der Waals surface area contributed by atoms with Crippen molar-refractivity contribution in [2.24, 2.45) is 11.0 Å². The number of hydrogen-bond acceptors (Lipinski definition) is 3. The highest BCUT2D eigenvalue weighted by Crippen LogP contribution is 2.36. The Morgan fingerprint density at radius 1 is 1.15 bits per heavy atom. The molecule has 0 radical (unpaired) electrons. The first kappa shape index (κ1) is 19.4. The molecule has 0 spiro atoms. The zero-order chi connectivity index (χ0) is 19.0. The van der Waals surface area contributed by atoms with Crippen LogP contribution in [-0.2, 0) is 4.74 Å². The molecule has 1 saturated heterocycles. The number of halogens is 2. The van der Waals surface area contributed by atoms with Gasteiger partial charge in [0.15, 0.2) is 0 Å². The standard InChI is InChI=1S/C20H31ClFN3O2/c1-13-19(27-17-8-6-16(22)7-9-17)12-24(13)20(26)25-18(10-11-23-25)14-2-4-15(21)5-3-14/h11,13-19H,2-10,12H2,1H3/t13-,14?,15?,16?,17?,18-,19-/m0/s1. The number of hydrazone groups is 1. The van der Waals surface area contributed by atoms with Crippen molar-refractivity contribution in [1.82, 2.24) is 9.91 Å². The summed E-state index contributed by atoms with van der Waals surface area (Å²) < 4.78 is 19.4. The third kappa shape index (κ3) is 4.12. The Morgan fingerprint density at radius 3 is 2.52 bits per heavy atom. The summed E-state index contributed by atoms with van der Waals surface area (Å²) in [7, 11) is 0. The lowest BCUT2D eigenvalue weighted by Gasteiger charge is -2.49. The fourth-order valence-corrected chi connectivity index (χ4v) is 5.25. The number of likely N-dealkylation sites (tertiary alicyclic amines) is 1. The Labute approximate surface area is 166 Å². The highest BCUT2D eigenvalue weighted by atomic mass is 35.5. The minimum atomic E-state index is -0.666. The maximum Gasteiger partial charge on any atom is 0.341 e. The molecular weight excluding hydrogens is 369 g/mol. The number of carbonyl (C=O) groups excluding carboxylic acids is 1. The minimum absolute atomic E-state index is 0.00145. The first-order valence-electron chi connectivity index (χ1n) is 10.6. The molecule has 152 valence electrons. The van der Waals surface area contributed by atoms with E-state index in [-0.39, 0.29) is 35.7 Å². The Morgan fingerprint density at radius 2 is 1.85 bits per heavy atom. The Bertz CT molecular complexity index is 561. The molecule has 0 unspecified atom stereocenters. The lowest BCUT2D eigenvalue weighted by Crippen LogP contribution is -2.65. The van der Waals surface area contributed by atoms with Crippen LogP contribution in [0.3, 0.4) is 0 Å².